The Morgan fingerprint density at radius 2 is 2.00 bits per heavy atom. The highest BCUT2D eigenvalue weighted by molar-refractivity contribution is 5.85. The molecular formula is C14H9NO4. The number of fused-ring (bicyclic) bond motifs is 1. The number of aromatic nitrogens is 1. The van der Waals surface area contributed by atoms with Crippen LogP contribution in [0.2, 0.25) is 0 Å². The number of aromatic carboxylic acids is 1. The van der Waals surface area contributed by atoms with Crippen molar-refractivity contribution in [1.82, 2.24) is 4.98 Å². The maximum absolute atomic E-state index is 10.7. The van der Waals surface area contributed by atoms with Crippen molar-refractivity contribution in [1.29, 1.82) is 0 Å². The number of carboxylic acid groups (broad SMARTS) is 1. The van der Waals surface area contributed by atoms with Gasteiger partial charge in [-0.15, -0.1) is 0 Å². The Bertz CT molecular complexity index is 743. The molecule has 5 nitrogen and oxygen atoms in total. The quantitative estimate of drug-likeness (QED) is 0.777. The molecule has 3 aromatic rings. The molecule has 0 aliphatic heterocycles. The number of hydrogen-bond acceptors (Lipinski definition) is 4. The third-order valence-electron chi connectivity index (χ3n) is 2.60. The average Bonchev–Trinajstić information content (AvgIpc) is 2.88. The normalized spacial score (nSPS) is 10.5. The molecule has 0 atom stereocenters. The van der Waals surface area contributed by atoms with Crippen molar-refractivity contribution in [3.8, 4) is 11.7 Å². The van der Waals surface area contributed by atoms with Crippen LogP contribution < -0.4 is 4.74 Å². The molecule has 5 heteroatoms. The predicted molar refractivity (Wildman–Crippen MR) is 67.5 cm³/mol. The van der Waals surface area contributed by atoms with Crippen LogP contribution in [0, 0.1) is 0 Å². The van der Waals surface area contributed by atoms with E-state index in [1.165, 1.54) is 12.1 Å². The van der Waals surface area contributed by atoms with Crippen molar-refractivity contribution < 1.29 is 19.1 Å². The topological polar surface area (TPSA) is 72.6 Å². The van der Waals surface area contributed by atoms with Gasteiger partial charge in [-0.2, -0.15) is 0 Å². The Kier molecular flexibility index (Phi) is 2.64. The summed E-state index contributed by atoms with van der Waals surface area (Å²) < 4.78 is 10.6. The lowest BCUT2D eigenvalue weighted by atomic mass is 10.2. The second-order valence-corrected chi connectivity index (χ2v) is 3.86. The molecular weight excluding hydrogens is 246 g/mol. The Labute approximate surface area is 108 Å². The number of carbonyl (C=O) groups is 1. The summed E-state index contributed by atoms with van der Waals surface area (Å²) in [5, 5.41) is 9.71. The van der Waals surface area contributed by atoms with Gasteiger partial charge in [0.15, 0.2) is 5.75 Å². The van der Waals surface area contributed by atoms with Crippen molar-refractivity contribution in [2.45, 2.75) is 0 Å². The number of ether oxygens (including phenoxy) is 1. The van der Waals surface area contributed by atoms with Gasteiger partial charge in [-0.1, -0.05) is 18.2 Å². The molecule has 94 valence electrons. The molecule has 0 aliphatic rings. The zero-order valence-corrected chi connectivity index (χ0v) is 9.74. The van der Waals surface area contributed by atoms with Crippen LogP contribution in [-0.2, 0) is 0 Å². The van der Waals surface area contributed by atoms with Gasteiger partial charge in [-0.25, -0.2) is 4.79 Å². The van der Waals surface area contributed by atoms with Crippen LogP contribution >= 0.6 is 0 Å². The molecule has 19 heavy (non-hydrogen) atoms. The third kappa shape index (κ3) is 2.13. The van der Waals surface area contributed by atoms with Crippen LogP contribution in [-0.4, -0.2) is 16.1 Å². The predicted octanol–water partition coefficient (Wildman–Crippen LogP) is 3.32. The summed E-state index contributed by atoms with van der Waals surface area (Å²) in [7, 11) is 0. The van der Waals surface area contributed by atoms with E-state index in [1.807, 2.05) is 24.3 Å². The van der Waals surface area contributed by atoms with Gasteiger partial charge in [-0.05, 0) is 18.2 Å². The molecule has 0 fully saturated rings. The lowest BCUT2D eigenvalue weighted by Gasteiger charge is -2.04. The average molecular weight is 255 g/mol. The zero-order chi connectivity index (χ0) is 13.2. The van der Waals surface area contributed by atoms with Gasteiger partial charge in [0, 0.05) is 17.6 Å². The lowest BCUT2D eigenvalue weighted by Crippen LogP contribution is -1.91. The smallest absolute Gasteiger partial charge is 0.371 e. The van der Waals surface area contributed by atoms with Gasteiger partial charge in [0.1, 0.15) is 5.52 Å². The molecule has 0 spiro atoms. The Hall–Kier alpha value is -2.82. The van der Waals surface area contributed by atoms with Crippen molar-refractivity contribution in [2.75, 3.05) is 0 Å². The maximum atomic E-state index is 10.7. The number of pyridine rings is 1. The van der Waals surface area contributed by atoms with E-state index in [-0.39, 0.29) is 11.7 Å². The molecule has 1 aromatic carbocycles. The number of rotatable bonds is 3. The highest BCUT2D eigenvalue weighted by atomic mass is 16.6. The van der Waals surface area contributed by atoms with Gasteiger partial charge < -0.3 is 14.3 Å². The standard InChI is InChI=1S/C14H9NO4/c16-14(17)11-6-7-12(19-11)18-10-5-1-3-9-4-2-8-15-13(9)10/h1-8H,(H,16,17). The van der Waals surface area contributed by atoms with Crippen molar-refractivity contribution >= 4 is 16.9 Å². The molecule has 3 rings (SSSR count). The van der Waals surface area contributed by atoms with Gasteiger partial charge >= 0.3 is 5.97 Å². The van der Waals surface area contributed by atoms with Crippen LogP contribution in [0.15, 0.2) is 53.1 Å². The van der Waals surface area contributed by atoms with Crippen LogP contribution in [0.3, 0.4) is 0 Å². The van der Waals surface area contributed by atoms with Crippen molar-refractivity contribution in [3.63, 3.8) is 0 Å². The van der Waals surface area contributed by atoms with Crippen LogP contribution in [0.25, 0.3) is 10.9 Å². The number of hydrogen-bond donors (Lipinski definition) is 1. The van der Waals surface area contributed by atoms with Crippen LogP contribution in [0.5, 0.6) is 11.7 Å². The second-order valence-electron chi connectivity index (χ2n) is 3.86. The molecule has 0 radical (unpaired) electrons. The Balaban J connectivity index is 1.98. The third-order valence-corrected chi connectivity index (χ3v) is 2.60. The number of carboxylic acids is 1. The first-order chi connectivity index (χ1) is 9.24. The highest BCUT2D eigenvalue weighted by Crippen LogP contribution is 2.29. The number of para-hydroxylation sites is 1. The fourth-order valence-electron chi connectivity index (χ4n) is 1.76. The summed E-state index contributed by atoms with van der Waals surface area (Å²) in [5.41, 5.74) is 0.693. The SMILES string of the molecule is O=C(O)c1ccc(Oc2cccc3cccnc23)o1. The summed E-state index contributed by atoms with van der Waals surface area (Å²) in [6.45, 7) is 0. The molecule has 1 N–H and O–H groups in total. The van der Waals surface area contributed by atoms with E-state index < -0.39 is 5.97 Å². The minimum atomic E-state index is -1.13. The summed E-state index contributed by atoms with van der Waals surface area (Å²) >= 11 is 0. The van der Waals surface area contributed by atoms with Gasteiger partial charge in [-0.3, -0.25) is 4.98 Å². The van der Waals surface area contributed by atoms with E-state index in [0.717, 1.165) is 5.39 Å². The summed E-state index contributed by atoms with van der Waals surface area (Å²) in [6.07, 6.45) is 1.67. The van der Waals surface area contributed by atoms with E-state index in [1.54, 1.807) is 12.3 Å². The fraction of sp³-hybridized carbons (Fsp3) is 0. The molecule has 2 heterocycles. The fourth-order valence-corrected chi connectivity index (χ4v) is 1.76. The maximum Gasteiger partial charge on any atom is 0.371 e. The van der Waals surface area contributed by atoms with Gasteiger partial charge in [0.25, 0.3) is 5.95 Å². The molecule has 0 saturated carbocycles. The number of furan rings is 1. The van der Waals surface area contributed by atoms with Gasteiger partial charge in [0.05, 0.1) is 0 Å². The molecule has 2 aromatic heterocycles. The van der Waals surface area contributed by atoms with Gasteiger partial charge in [0.2, 0.25) is 5.76 Å². The zero-order valence-electron chi connectivity index (χ0n) is 9.74. The molecule has 0 aliphatic carbocycles. The highest BCUT2D eigenvalue weighted by Gasteiger charge is 2.11. The van der Waals surface area contributed by atoms with E-state index >= 15 is 0 Å². The van der Waals surface area contributed by atoms with Crippen LogP contribution in [0.1, 0.15) is 10.6 Å². The molecule has 0 unspecified atom stereocenters. The van der Waals surface area contributed by atoms with E-state index in [2.05, 4.69) is 4.98 Å². The first-order valence-electron chi connectivity index (χ1n) is 5.59. The van der Waals surface area contributed by atoms with Crippen molar-refractivity contribution in [2.24, 2.45) is 0 Å². The Morgan fingerprint density at radius 3 is 2.79 bits per heavy atom. The van der Waals surface area contributed by atoms with E-state index in [9.17, 15) is 4.79 Å². The Morgan fingerprint density at radius 1 is 1.16 bits per heavy atom. The van der Waals surface area contributed by atoms with Crippen molar-refractivity contribution in [3.05, 3.63) is 54.4 Å². The van der Waals surface area contributed by atoms with E-state index in [0.29, 0.717) is 11.3 Å². The minimum absolute atomic E-state index is 0.121. The minimum Gasteiger partial charge on any atom is -0.475 e. The first kappa shape index (κ1) is 11.3. The largest absolute Gasteiger partial charge is 0.475 e. The second kappa shape index (κ2) is 4.45. The number of nitrogens with zero attached hydrogens (tertiary/aromatic N) is 1. The number of benzene rings is 1. The summed E-state index contributed by atoms with van der Waals surface area (Å²) in [6, 6.07) is 12.1. The lowest BCUT2D eigenvalue weighted by molar-refractivity contribution is 0.0657. The molecule has 0 amide bonds. The monoisotopic (exact) mass is 255 g/mol. The summed E-state index contributed by atoms with van der Waals surface area (Å²) in [5.74, 6) is -0.658. The molecule has 0 bridgehead atoms. The van der Waals surface area contributed by atoms with E-state index in [4.69, 9.17) is 14.3 Å². The summed E-state index contributed by atoms with van der Waals surface area (Å²) in [4.78, 5) is 15.0. The molecule has 0 saturated heterocycles. The first-order valence-corrected chi connectivity index (χ1v) is 5.59. The van der Waals surface area contributed by atoms with Crippen LogP contribution in [0.4, 0.5) is 0 Å².